The zero-order chi connectivity index (χ0) is 21.0. The Labute approximate surface area is 171 Å². The fraction of sp³-hybridized carbons (Fsp3) is 0.304. The highest BCUT2D eigenvalue weighted by atomic mass is 16.5. The van der Waals surface area contributed by atoms with Crippen molar-refractivity contribution in [3.63, 3.8) is 0 Å². The lowest BCUT2D eigenvalue weighted by molar-refractivity contribution is 0.0741. The van der Waals surface area contributed by atoms with E-state index >= 15 is 0 Å². The smallest absolute Gasteiger partial charge is 0.257 e. The fourth-order valence-electron chi connectivity index (χ4n) is 3.19. The Bertz CT molecular complexity index is 962. The molecule has 0 spiro atoms. The quantitative estimate of drug-likeness (QED) is 0.667. The number of para-hydroxylation sites is 1. The van der Waals surface area contributed by atoms with Crippen LogP contribution in [0, 0.1) is 5.41 Å². The van der Waals surface area contributed by atoms with E-state index < -0.39 is 0 Å². The van der Waals surface area contributed by atoms with E-state index in [1.165, 1.54) is 0 Å². The number of nitrogens with zero attached hydrogens (tertiary/aromatic N) is 3. The summed E-state index contributed by atoms with van der Waals surface area (Å²) < 4.78 is 6.99. The third kappa shape index (κ3) is 4.66. The predicted molar refractivity (Wildman–Crippen MR) is 115 cm³/mol. The average Bonchev–Trinajstić information content (AvgIpc) is 3.19. The zero-order valence-corrected chi connectivity index (χ0v) is 17.4. The molecule has 0 unspecified atom stereocenters. The molecule has 0 aliphatic rings. The molecule has 3 aromatic rings. The Kier molecular flexibility index (Phi) is 6.03. The van der Waals surface area contributed by atoms with Gasteiger partial charge in [-0.15, -0.1) is 0 Å². The number of carbonyl (C=O) groups is 1. The van der Waals surface area contributed by atoms with Crippen LogP contribution in [0.4, 0.5) is 0 Å². The largest absolute Gasteiger partial charge is 0.497 e. The predicted octanol–water partition coefficient (Wildman–Crippen LogP) is 3.60. The first-order chi connectivity index (χ1) is 13.8. The van der Waals surface area contributed by atoms with Crippen molar-refractivity contribution in [3.05, 3.63) is 66.4 Å². The number of ether oxygens (including phenoxy) is 1. The van der Waals surface area contributed by atoms with Crippen molar-refractivity contribution in [3.8, 4) is 22.7 Å². The van der Waals surface area contributed by atoms with Gasteiger partial charge in [-0.3, -0.25) is 4.79 Å². The minimum atomic E-state index is -0.167. The van der Waals surface area contributed by atoms with Crippen molar-refractivity contribution < 1.29 is 9.53 Å². The van der Waals surface area contributed by atoms with Crippen LogP contribution in [-0.4, -0.2) is 47.8 Å². The molecule has 0 atom stereocenters. The maximum absolute atomic E-state index is 13.3. The van der Waals surface area contributed by atoms with Gasteiger partial charge in [-0.2, -0.15) is 5.10 Å². The Hall–Kier alpha value is -3.12. The molecule has 29 heavy (non-hydrogen) atoms. The van der Waals surface area contributed by atoms with Crippen LogP contribution in [0.25, 0.3) is 16.9 Å². The minimum absolute atomic E-state index is 0.0838. The summed E-state index contributed by atoms with van der Waals surface area (Å²) in [5, 5.41) is 4.73. The summed E-state index contributed by atoms with van der Waals surface area (Å²) in [4.78, 5) is 15.0. The zero-order valence-electron chi connectivity index (χ0n) is 17.4. The molecule has 152 valence electrons. The second-order valence-corrected chi connectivity index (χ2v) is 7.93. The number of methoxy groups -OCH3 is 1. The molecule has 0 bridgehead atoms. The minimum Gasteiger partial charge on any atom is -0.497 e. The molecule has 6 nitrogen and oxygen atoms in total. The maximum Gasteiger partial charge on any atom is 0.257 e. The van der Waals surface area contributed by atoms with Gasteiger partial charge in [0.1, 0.15) is 11.4 Å². The number of nitrogens with two attached hydrogens (primary N) is 1. The van der Waals surface area contributed by atoms with Crippen molar-refractivity contribution >= 4 is 5.91 Å². The first-order valence-electron chi connectivity index (χ1n) is 9.60. The fourth-order valence-corrected chi connectivity index (χ4v) is 3.19. The standard InChI is InChI=1S/C23H28N4O2/c1-23(2,15-24)16-26(3)22(28)20-14-27(18-8-6-5-7-9-18)25-21(20)17-10-12-19(29-4)13-11-17/h5-14H,15-16,24H2,1-4H3. The Morgan fingerprint density at radius 1 is 1.14 bits per heavy atom. The van der Waals surface area contributed by atoms with E-state index in [0.717, 1.165) is 17.0 Å². The molecule has 3 rings (SSSR count). The Morgan fingerprint density at radius 2 is 1.79 bits per heavy atom. The molecule has 2 aromatic carbocycles. The molecule has 6 heteroatoms. The molecule has 1 amide bonds. The van der Waals surface area contributed by atoms with E-state index in [1.54, 1.807) is 29.9 Å². The summed E-state index contributed by atoms with van der Waals surface area (Å²) in [6.07, 6.45) is 1.79. The summed E-state index contributed by atoms with van der Waals surface area (Å²) in [6.45, 7) is 5.16. The van der Waals surface area contributed by atoms with Gasteiger partial charge in [0.25, 0.3) is 5.91 Å². The van der Waals surface area contributed by atoms with Gasteiger partial charge in [-0.05, 0) is 48.4 Å². The van der Waals surface area contributed by atoms with Gasteiger partial charge < -0.3 is 15.4 Å². The lowest BCUT2D eigenvalue weighted by Crippen LogP contribution is -2.39. The van der Waals surface area contributed by atoms with Gasteiger partial charge in [0.15, 0.2) is 0 Å². The summed E-state index contributed by atoms with van der Waals surface area (Å²) in [7, 11) is 3.43. The van der Waals surface area contributed by atoms with E-state index in [2.05, 4.69) is 13.8 Å². The highest BCUT2D eigenvalue weighted by Gasteiger charge is 2.26. The summed E-state index contributed by atoms with van der Waals surface area (Å²) in [6, 6.07) is 17.3. The molecule has 0 saturated carbocycles. The molecule has 1 heterocycles. The van der Waals surface area contributed by atoms with Crippen LogP contribution in [0.1, 0.15) is 24.2 Å². The number of benzene rings is 2. The van der Waals surface area contributed by atoms with E-state index in [0.29, 0.717) is 24.3 Å². The van der Waals surface area contributed by atoms with Crippen LogP contribution in [0.3, 0.4) is 0 Å². The van der Waals surface area contributed by atoms with Gasteiger partial charge >= 0.3 is 0 Å². The number of hydrogen-bond acceptors (Lipinski definition) is 4. The second-order valence-electron chi connectivity index (χ2n) is 7.93. The molecule has 0 aliphatic heterocycles. The van der Waals surface area contributed by atoms with Crippen LogP contribution in [0.15, 0.2) is 60.8 Å². The monoisotopic (exact) mass is 392 g/mol. The van der Waals surface area contributed by atoms with Crippen LogP contribution in [-0.2, 0) is 0 Å². The highest BCUT2D eigenvalue weighted by Crippen LogP contribution is 2.27. The van der Waals surface area contributed by atoms with Gasteiger partial charge in [0.2, 0.25) is 0 Å². The van der Waals surface area contributed by atoms with E-state index in [9.17, 15) is 4.79 Å². The summed E-state index contributed by atoms with van der Waals surface area (Å²) in [5.41, 5.74) is 8.63. The van der Waals surface area contributed by atoms with Crippen molar-refractivity contribution in [1.29, 1.82) is 0 Å². The SMILES string of the molecule is COc1ccc(-c2nn(-c3ccccc3)cc2C(=O)N(C)CC(C)(C)CN)cc1. The van der Waals surface area contributed by atoms with Crippen molar-refractivity contribution in [2.75, 3.05) is 27.2 Å². The first-order valence-corrected chi connectivity index (χ1v) is 9.60. The number of hydrogen-bond donors (Lipinski definition) is 1. The van der Waals surface area contributed by atoms with Crippen LogP contribution in [0.2, 0.25) is 0 Å². The van der Waals surface area contributed by atoms with Gasteiger partial charge in [-0.1, -0.05) is 32.0 Å². The maximum atomic E-state index is 13.3. The Balaban J connectivity index is 2.03. The van der Waals surface area contributed by atoms with Crippen LogP contribution < -0.4 is 10.5 Å². The van der Waals surface area contributed by atoms with E-state index in [-0.39, 0.29) is 11.3 Å². The van der Waals surface area contributed by atoms with Crippen molar-refractivity contribution in [2.45, 2.75) is 13.8 Å². The lowest BCUT2D eigenvalue weighted by atomic mass is 9.93. The second kappa shape index (κ2) is 8.49. The molecule has 0 fully saturated rings. The van der Waals surface area contributed by atoms with Crippen LogP contribution >= 0.6 is 0 Å². The lowest BCUT2D eigenvalue weighted by Gasteiger charge is -2.29. The molecular formula is C23H28N4O2. The molecule has 0 saturated heterocycles. The van der Waals surface area contributed by atoms with Gasteiger partial charge in [0.05, 0.1) is 18.4 Å². The number of rotatable bonds is 7. The van der Waals surface area contributed by atoms with Crippen molar-refractivity contribution in [1.82, 2.24) is 14.7 Å². The molecule has 2 N–H and O–H groups in total. The van der Waals surface area contributed by atoms with E-state index in [4.69, 9.17) is 15.6 Å². The molecule has 0 aliphatic carbocycles. The van der Waals surface area contributed by atoms with Crippen molar-refractivity contribution in [2.24, 2.45) is 11.1 Å². The highest BCUT2D eigenvalue weighted by molar-refractivity contribution is 5.99. The average molecular weight is 393 g/mol. The topological polar surface area (TPSA) is 73.4 Å². The summed E-state index contributed by atoms with van der Waals surface area (Å²) in [5.74, 6) is 0.672. The first kappa shape index (κ1) is 20.6. The molecule has 0 radical (unpaired) electrons. The normalized spacial score (nSPS) is 11.3. The molecular weight excluding hydrogens is 364 g/mol. The van der Waals surface area contributed by atoms with E-state index in [1.807, 2.05) is 54.6 Å². The number of carbonyl (C=O) groups excluding carboxylic acids is 1. The Morgan fingerprint density at radius 3 is 2.38 bits per heavy atom. The van der Waals surface area contributed by atoms with Crippen LogP contribution in [0.5, 0.6) is 5.75 Å². The van der Waals surface area contributed by atoms with Gasteiger partial charge in [0, 0.05) is 25.4 Å². The van der Waals surface area contributed by atoms with Gasteiger partial charge in [-0.25, -0.2) is 4.68 Å². The number of amides is 1. The third-order valence-electron chi connectivity index (χ3n) is 4.89. The molecule has 1 aromatic heterocycles. The third-order valence-corrected chi connectivity index (χ3v) is 4.89. The summed E-state index contributed by atoms with van der Waals surface area (Å²) >= 11 is 0. The number of aromatic nitrogens is 2.